The minimum Gasteiger partial charge on any atom is -0.472 e. The zero-order chi connectivity index (χ0) is 15.4. The molecule has 0 saturated heterocycles. The molecule has 0 radical (unpaired) electrons. The molecule has 0 fully saturated rings. The number of rotatable bonds is 6. The minimum atomic E-state index is -0.351. The molecule has 3 heterocycles. The van der Waals surface area contributed by atoms with Crippen molar-refractivity contribution in [1.29, 1.82) is 0 Å². The van der Waals surface area contributed by atoms with E-state index in [4.69, 9.17) is 9.15 Å². The van der Waals surface area contributed by atoms with Crippen LogP contribution in [0.2, 0.25) is 0 Å². The molecule has 6 heteroatoms. The van der Waals surface area contributed by atoms with Crippen molar-refractivity contribution < 1.29 is 13.9 Å². The Morgan fingerprint density at radius 2 is 2.27 bits per heavy atom. The van der Waals surface area contributed by atoms with Crippen molar-refractivity contribution in [3.8, 4) is 0 Å². The molecule has 3 aromatic rings. The van der Waals surface area contributed by atoms with Crippen LogP contribution in [0.25, 0.3) is 5.65 Å². The number of nitrogens with one attached hydrogen (secondary N) is 1. The molecular weight excluding hydrogens is 282 g/mol. The number of imidazole rings is 1. The van der Waals surface area contributed by atoms with Crippen LogP contribution in [0.3, 0.4) is 0 Å². The minimum absolute atomic E-state index is 0.351. The van der Waals surface area contributed by atoms with Gasteiger partial charge in [-0.15, -0.1) is 0 Å². The zero-order valence-corrected chi connectivity index (χ0v) is 12.3. The first-order valence-electron chi connectivity index (χ1n) is 7.04. The predicted octanol–water partition coefficient (Wildman–Crippen LogP) is 2.05. The number of furan rings is 1. The van der Waals surface area contributed by atoms with Crippen LogP contribution in [0.5, 0.6) is 0 Å². The molecule has 114 valence electrons. The van der Waals surface area contributed by atoms with Crippen LogP contribution < -0.4 is 5.32 Å². The number of nitrogens with zero attached hydrogens (tertiary/aromatic N) is 2. The molecule has 0 aromatic carbocycles. The number of hydrogen-bond acceptors (Lipinski definition) is 5. The number of fused-ring (bicyclic) bond motifs is 1. The SMILES string of the molecule is COC(=O)c1ccc2nc(CNCCc3ccoc3)cn2c1. The van der Waals surface area contributed by atoms with Crippen molar-refractivity contribution in [3.63, 3.8) is 0 Å². The van der Waals surface area contributed by atoms with Crippen molar-refractivity contribution in [2.45, 2.75) is 13.0 Å². The highest BCUT2D eigenvalue weighted by molar-refractivity contribution is 5.89. The molecule has 3 rings (SSSR count). The van der Waals surface area contributed by atoms with E-state index in [0.29, 0.717) is 12.1 Å². The molecule has 22 heavy (non-hydrogen) atoms. The molecule has 1 N–H and O–H groups in total. The van der Waals surface area contributed by atoms with Crippen molar-refractivity contribution in [3.05, 3.63) is 59.9 Å². The van der Waals surface area contributed by atoms with Gasteiger partial charge in [-0.05, 0) is 36.7 Å². The number of ether oxygens (including phenoxy) is 1. The highest BCUT2D eigenvalue weighted by Crippen LogP contribution is 2.09. The first-order valence-corrected chi connectivity index (χ1v) is 7.04. The molecule has 0 unspecified atom stereocenters. The molecule has 0 bridgehead atoms. The second-order valence-electron chi connectivity index (χ2n) is 4.97. The van der Waals surface area contributed by atoms with Gasteiger partial charge in [0.25, 0.3) is 0 Å². The van der Waals surface area contributed by atoms with Crippen molar-refractivity contribution in [1.82, 2.24) is 14.7 Å². The standard InChI is InChI=1S/C16H17N3O3/c1-21-16(20)13-2-3-15-18-14(10-19(15)9-13)8-17-6-4-12-5-7-22-11-12/h2-3,5,7,9-11,17H,4,6,8H2,1H3. The fourth-order valence-corrected chi connectivity index (χ4v) is 2.25. The Hall–Kier alpha value is -2.60. The third kappa shape index (κ3) is 3.17. The first kappa shape index (κ1) is 14.3. The number of aromatic nitrogens is 2. The Bertz CT molecular complexity index is 762. The van der Waals surface area contributed by atoms with Crippen LogP contribution in [0, 0.1) is 0 Å². The maximum Gasteiger partial charge on any atom is 0.339 e. The molecule has 0 aliphatic heterocycles. The van der Waals surface area contributed by atoms with Crippen LogP contribution in [0.4, 0.5) is 0 Å². The van der Waals surface area contributed by atoms with Gasteiger partial charge in [-0.3, -0.25) is 0 Å². The molecule has 0 amide bonds. The zero-order valence-electron chi connectivity index (χ0n) is 12.3. The van der Waals surface area contributed by atoms with Gasteiger partial charge in [-0.2, -0.15) is 0 Å². The van der Waals surface area contributed by atoms with E-state index < -0.39 is 0 Å². The molecule has 3 aromatic heterocycles. The highest BCUT2D eigenvalue weighted by atomic mass is 16.5. The van der Waals surface area contributed by atoms with E-state index in [1.165, 1.54) is 12.7 Å². The Balaban J connectivity index is 1.61. The van der Waals surface area contributed by atoms with E-state index in [9.17, 15) is 4.79 Å². The van der Waals surface area contributed by atoms with Crippen LogP contribution >= 0.6 is 0 Å². The second kappa shape index (κ2) is 6.44. The lowest BCUT2D eigenvalue weighted by molar-refractivity contribution is 0.0600. The Morgan fingerprint density at radius 3 is 3.05 bits per heavy atom. The molecule has 0 saturated carbocycles. The van der Waals surface area contributed by atoms with Crippen molar-refractivity contribution >= 4 is 11.6 Å². The molecule has 0 spiro atoms. The summed E-state index contributed by atoms with van der Waals surface area (Å²) in [7, 11) is 1.37. The van der Waals surface area contributed by atoms with Crippen molar-refractivity contribution in [2.75, 3.05) is 13.7 Å². The number of methoxy groups -OCH3 is 1. The fourth-order valence-electron chi connectivity index (χ4n) is 2.25. The average Bonchev–Trinajstić information content (AvgIpc) is 3.18. The summed E-state index contributed by atoms with van der Waals surface area (Å²) in [4.78, 5) is 16.0. The van der Waals surface area contributed by atoms with E-state index in [-0.39, 0.29) is 5.97 Å². The maximum absolute atomic E-state index is 11.5. The van der Waals surface area contributed by atoms with Gasteiger partial charge >= 0.3 is 5.97 Å². The van der Waals surface area contributed by atoms with Crippen LogP contribution in [0.15, 0.2) is 47.5 Å². The third-order valence-corrected chi connectivity index (χ3v) is 3.40. The molecule has 0 aliphatic carbocycles. The predicted molar refractivity (Wildman–Crippen MR) is 80.7 cm³/mol. The quantitative estimate of drug-likeness (QED) is 0.557. The normalized spacial score (nSPS) is 11.0. The summed E-state index contributed by atoms with van der Waals surface area (Å²) in [5.41, 5.74) is 3.41. The van der Waals surface area contributed by atoms with Gasteiger partial charge in [0.1, 0.15) is 5.65 Å². The van der Waals surface area contributed by atoms with Gasteiger partial charge in [-0.25, -0.2) is 9.78 Å². The Kier molecular flexibility index (Phi) is 4.20. The topological polar surface area (TPSA) is 68.8 Å². The van der Waals surface area contributed by atoms with Gasteiger partial charge in [-0.1, -0.05) is 0 Å². The van der Waals surface area contributed by atoms with Gasteiger partial charge in [0.15, 0.2) is 0 Å². The highest BCUT2D eigenvalue weighted by Gasteiger charge is 2.08. The lowest BCUT2D eigenvalue weighted by Crippen LogP contribution is -2.16. The number of carbonyl (C=O) groups excluding carboxylic acids is 1. The smallest absolute Gasteiger partial charge is 0.339 e. The summed E-state index contributed by atoms with van der Waals surface area (Å²) >= 11 is 0. The van der Waals surface area contributed by atoms with Crippen LogP contribution in [-0.2, 0) is 17.7 Å². The molecule has 0 aliphatic rings. The number of esters is 1. The van der Waals surface area contributed by atoms with Gasteiger partial charge in [0.05, 0.1) is 30.9 Å². The molecular formula is C16H17N3O3. The van der Waals surface area contributed by atoms with Gasteiger partial charge < -0.3 is 18.9 Å². The van der Waals surface area contributed by atoms with Crippen LogP contribution in [-0.4, -0.2) is 29.0 Å². The fraction of sp³-hybridized carbons (Fsp3) is 0.250. The maximum atomic E-state index is 11.5. The Morgan fingerprint density at radius 1 is 1.36 bits per heavy atom. The second-order valence-corrected chi connectivity index (χ2v) is 4.97. The summed E-state index contributed by atoms with van der Waals surface area (Å²) in [6, 6.07) is 5.48. The monoisotopic (exact) mass is 299 g/mol. The lowest BCUT2D eigenvalue weighted by atomic mass is 10.2. The van der Waals surface area contributed by atoms with E-state index >= 15 is 0 Å². The summed E-state index contributed by atoms with van der Waals surface area (Å²) < 4.78 is 11.6. The average molecular weight is 299 g/mol. The lowest BCUT2D eigenvalue weighted by Gasteiger charge is -2.00. The number of carbonyl (C=O) groups is 1. The molecule has 0 atom stereocenters. The third-order valence-electron chi connectivity index (χ3n) is 3.40. The van der Waals surface area contributed by atoms with E-state index in [1.807, 2.05) is 16.7 Å². The largest absolute Gasteiger partial charge is 0.472 e. The number of hydrogen-bond donors (Lipinski definition) is 1. The van der Waals surface area contributed by atoms with E-state index in [2.05, 4.69) is 10.3 Å². The van der Waals surface area contributed by atoms with E-state index in [1.54, 1.807) is 30.9 Å². The Labute approximate surface area is 127 Å². The molecule has 6 nitrogen and oxygen atoms in total. The van der Waals surface area contributed by atoms with E-state index in [0.717, 1.165) is 24.3 Å². The summed E-state index contributed by atoms with van der Waals surface area (Å²) in [5, 5.41) is 3.34. The number of pyridine rings is 1. The van der Waals surface area contributed by atoms with Crippen molar-refractivity contribution in [2.24, 2.45) is 0 Å². The van der Waals surface area contributed by atoms with Gasteiger partial charge in [0.2, 0.25) is 0 Å². The summed E-state index contributed by atoms with van der Waals surface area (Å²) in [5.74, 6) is -0.351. The van der Waals surface area contributed by atoms with Crippen LogP contribution in [0.1, 0.15) is 21.6 Å². The van der Waals surface area contributed by atoms with Gasteiger partial charge in [0, 0.05) is 18.9 Å². The summed E-state index contributed by atoms with van der Waals surface area (Å²) in [6.45, 7) is 1.52. The first-order chi connectivity index (χ1) is 10.8. The summed E-state index contributed by atoms with van der Waals surface area (Å²) in [6.07, 6.45) is 7.98.